The number of primary amides is 1. The Kier molecular flexibility index (Phi) is 9.56. The predicted octanol–water partition coefficient (Wildman–Crippen LogP) is 1.08. The third kappa shape index (κ3) is 7.43. The number of carbonyl (C=O) groups is 4. The van der Waals surface area contributed by atoms with Gasteiger partial charge in [0.2, 0.25) is 5.91 Å². The van der Waals surface area contributed by atoms with Gasteiger partial charge in [-0.1, -0.05) is 55.5 Å². The molecule has 0 aromatic heterocycles. The van der Waals surface area contributed by atoms with Crippen LogP contribution < -0.4 is 16.4 Å². The van der Waals surface area contributed by atoms with E-state index < -0.39 is 47.8 Å². The lowest BCUT2D eigenvalue weighted by Crippen LogP contribution is -2.52. The minimum absolute atomic E-state index is 0.0982. The summed E-state index contributed by atoms with van der Waals surface area (Å²) in [6.07, 6.45) is -1.83. The number of ether oxygens (including phenoxy) is 1. The van der Waals surface area contributed by atoms with E-state index in [2.05, 4.69) is 10.6 Å². The van der Waals surface area contributed by atoms with Gasteiger partial charge in [-0.2, -0.15) is 0 Å². The fraction of sp³-hybridized carbons (Fsp3) is 0.333. The SMILES string of the molecule is CCOC(=O)[C@H](C)C[C@H](NC(=O)[C@H](O)[C@@H](NC(=O)c1ccccc1)c1ccccc1)C(N)=O. The maximum atomic E-state index is 12.8. The molecule has 0 radical (unpaired) electrons. The minimum atomic E-state index is -1.74. The summed E-state index contributed by atoms with van der Waals surface area (Å²) in [5.74, 6) is -3.51. The van der Waals surface area contributed by atoms with Crippen LogP contribution in [0, 0.1) is 5.92 Å². The lowest BCUT2D eigenvalue weighted by molar-refractivity contribution is -0.148. The standard InChI is InChI=1S/C24H29N3O6/c1-3-33-24(32)15(2)14-18(21(25)29)26-23(31)20(28)19(16-10-6-4-7-11-16)27-22(30)17-12-8-5-9-13-17/h4-13,15,18-20,28H,3,14H2,1-2H3,(H2,25,29)(H,26,31)(H,27,30)/t15-,18+,19+,20-/m1/s1. The first-order valence-electron chi connectivity index (χ1n) is 10.6. The highest BCUT2D eigenvalue weighted by atomic mass is 16.5. The molecule has 3 amide bonds. The smallest absolute Gasteiger partial charge is 0.308 e. The summed E-state index contributed by atoms with van der Waals surface area (Å²) < 4.78 is 4.92. The Morgan fingerprint density at radius 2 is 1.55 bits per heavy atom. The molecular formula is C24H29N3O6. The summed E-state index contributed by atoms with van der Waals surface area (Å²) in [6, 6.07) is 14.5. The largest absolute Gasteiger partial charge is 0.466 e. The lowest BCUT2D eigenvalue weighted by Gasteiger charge is -2.26. The van der Waals surface area contributed by atoms with Gasteiger partial charge in [0.25, 0.3) is 11.8 Å². The molecular weight excluding hydrogens is 426 g/mol. The number of amides is 3. The van der Waals surface area contributed by atoms with Gasteiger partial charge in [0.1, 0.15) is 6.04 Å². The van der Waals surface area contributed by atoms with Crippen LogP contribution in [0.25, 0.3) is 0 Å². The van der Waals surface area contributed by atoms with E-state index in [9.17, 15) is 24.3 Å². The number of esters is 1. The number of nitrogens with two attached hydrogens (primary N) is 1. The molecule has 33 heavy (non-hydrogen) atoms. The van der Waals surface area contributed by atoms with E-state index in [1.165, 1.54) is 0 Å². The molecule has 9 heteroatoms. The molecule has 2 rings (SSSR count). The summed E-state index contributed by atoms with van der Waals surface area (Å²) >= 11 is 0. The number of aliphatic hydroxyl groups is 1. The number of nitrogens with one attached hydrogen (secondary N) is 2. The van der Waals surface area contributed by atoms with Gasteiger partial charge in [0, 0.05) is 5.56 Å². The molecule has 0 aliphatic rings. The molecule has 0 unspecified atom stereocenters. The van der Waals surface area contributed by atoms with Gasteiger partial charge >= 0.3 is 5.97 Å². The summed E-state index contributed by atoms with van der Waals surface area (Å²) in [6.45, 7) is 3.38. The highest BCUT2D eigenvalue weighted by Gasteiger charge is 2.33. The second kappa shape index (κ2) is 12.4. The molecule has 0 aliphatic carbocycles. The number of aliphatic hydroxyl groups excluding tert-OH is 1. The summed E-state index contributed by atoms with van der Waals surface area (Å²) in [5, 5.41) is 15.9. The van der Waals surface area contributed by atoms with Crippen molar-refractivity contribution in [2.24, 2.45) is 11.7 Å². The third-order valence-electron chi connectivity index (χ3n) is 5.00. The van der Waals surface area contributed by atoms with Gasteiger partial charge in [0.05, 0.1) is 18.6 Å². The number of hydrogen-bond donors (Lipinski definition) is 4. The molecule has 2 aromatic rings. The summed E-state index contributed by atoms with van der Waals surface area (Å²) in [4.78, 5) is 49.3. The second-order valence-corrected chi connectivity index (χ2v) is 7.53. The fourth-order valence-electron chi connectivity index (χ4n) is 3.21. The van der Waals surface area contributed by atoms with E-state index in [1.54, 1.807) is 74.5 Å². The predicted molar refractivity (Wildman–Crippen MR) is 121 cm³/mol. The van der Waals surface area contributed by atoms with E-state index in [0.29, 0.717) is 11.1 Å². The number of rotatable bonds is 11. The van der Waals surface area contributed by atoms with Crippen LogP contribution in [0.3, 0.4) is 0 Å². The lowest BCUT2D eigenvalue weighted by atomic mass is 9.98. The van der Waals surface area contributed by atoms with E-state index in [4.69, 9.17) is 10.5 Å². The first-order valence-corrected chi connectivity index (χ1v) is 10.6. The molecule has 0 saturated carbocycles. The Hall–Kier alpha value is -3.72. The van der Waals surface area contributed by atoms with Crippen LogP contribution in [0.4, 0.5) is 0 Å². The topological polar surface area (TPSA) is 148 Å². The first kappa shape index (κ1) is 25.5. The van der Waals surface area contributed by atoms with Crippen molar-refractivity contribution in [1.82, 2.24) is 10.6 Å². The van der Waals surface area contributed by atoms with Crippen molar-refractivity contribution in [1.29, 1.82) is 0 Å². The number of benzene rings is 2. The average molecular weight is 456 g/mol. The van der Waals surface area contributed by atoms with Crippen molar-refractivity contribution in [2.75, 3.05) is 6.61 Å². The monoisotopic (exact) mass is 455 g/mol. The van der Waals surface area contributed by atoms with E-state index in [-0.39, 0.29) is 13.0 Å². The molecule has 2 aromatic carbocycles. The van der Waals surface area contributed by atoms with E-state index >= 15 is 0 Å². The fourth-order valence-corrected chi connectivity index (χ4v) is 3.21. The van der Waals surface area contributed by atoms with Crippen molar-refractivity contribution in [3.05, 3.63) is 71.8 Å². The molecule has 4 atom stereocenters. The van der Waals surface area contributed by atoms with Crippen molar-refractivity contribution in [2.45, 2.75) is 38.5 Å². The number of carbonyl (C=O) groups excluding carboxylic acids is 4. The summed E-state index contributed by atoms with van der Waals surface area (Å²) in [7, 11) is 0. The van der Waals surface area contributed by atoms with Crippen molar-refractivity contribution >= 4 is 23.7 Å². The van der Waals surface area contributed by atoms with Gasteiger partial charge in [-0.25, -0.2) is 0 Å². The molecule has 176 valence electrons. The van der Waals surface area contributed by atoms with Crippen molar-refractivity contribution in [3.63, 3.8) is 0 Å². The van der Waals surface area contributed by atoms with Crippen molar-refractivity contribution in [3.8, 4) is 0 Å². The normalized spacial score (nSPS) is 14.3. The van der Waals surface area contributed by atoms with E-state index in [0.717, 1.165) is 0 Å². The Morgan fingerprint density at radius 3 is 2.09 bits per heavy atom. The third-order valence-corrected chi connectivity index (χ3v) is 5.00. The van der Waals surface area contributed by atoms with Crippen LogP contribution in [0.15, 0.2) is 60.7 Å². The molecule has 5 N–H and O–H groups in total. The van der Waals surface area contributed by atoms with Crippen LogP contribution in [-0.2, 0) is 19.1 Å². The number of hydrogen-bond acceptors (Lipinski definition) is 6. The Morgan fingerprint density at radius 1 is 0.970 bits per heavy atom. The Bertz CT molecular complexity index is 951. The Balaban J connectivity index is 2.19. The highest BCUT2D eigenvalue weighted by molar-refractivity contribution is 5.95. The van der Waals surface area contributed by atoms with Gasteiger partial charge in [0.15, 0.2) is 6.10 Å². The molecule has 0 saturated heterocycles. The summed E-state index contributed by atoms with van der Waals surface area (Å²) in [5.41, 5.74) is 6.23. The molecule has 0 heterocycles. The zero-order chi connectivity index (χ0) is 24.4. The van der Waals surface area contributed by atoms with Gasteiger partial charge < -0.3 is 26.2 Å². The van der Waals surface area contributed by atoms with E-state index in [1.807, 2.05) is 0 Å². The quantitative estimate of drug-likeness (QED) is 0.373. The maximum Gasteiger partial charge on any atom is 0.308 e. The molecule has 9 nitrogen and oxygen atoms in total. The maximum absolute atomic E-state index is 12.8. The van der Waals surface area contributed by atoms with Gasteiger partial charge in [-0.3, -0.25) is 19.2 Å². The zero-order valence-electron chi connectivity index (χ0n) is 18.6. The second-order valence-electron chi connectivity index (χ2n) is 7.53. The van der Waals surface area contributed by atoms with Crippen LogP contribution in [-0.4, -0.2) is 47.6 Å². The molecule has 0 bridgehead atoms. The van der Waals surface area contributed by atoms with Crippen LogP contribution in [0.5, 0.6) is 0 Å². The first-order chi connectivity index (χ1) is 15.7. The molecule has 0 aliphatic heterocycles. The zero-order valence-corrected chi connectivity index (χ0v) is 18.6. The molecule has 0 fully saturated rings. The Labute approximate surface area is 192 Å². The minimum Gasteiger partial charge on any atom is -0.466 e. The molecule has 0 spiro atoms. The van der Waals surface area contributed by atoms with Crippen LogP contribution in [0.2, 0.25) is 0 Å². The van der Waals surface area contributed by atoms with Gasteiger partial charge in [-0.05, 0) is 31.0 Å². The van der Waals surface area contributed by atoms with Crippen LogP contribution in [0.1, 0.15) is 42.2 Å². The van der Waals surface area contributed by atoms with Gasteiger partial charge in [-0.15, -0.1) is 0 Å². The van der Waals surface area contributed by atoms with Crippen LogP contribution >= 0.6 is 0 Å². The highest BCUT2D eigenvalue weighted by Crippen LogP contribution is 2.19. The average Bonchev–Trinajstić information content (AvgIpc) is 2.82. The van der Waals surface area contributed by atoms with Crippen molar-refractivity contribution < 1.29 is 29.0 Å².